The maximum absolute atomic E-state index is 12.7. The Morgan fingerprint density at radius 2 is 1.77 bits per heavy atom. The minimum atomic E-state index is -3.88. The lowest BCUT2D eigenvalue weighted by atomic mass is 9.94. The molecule has 3 rings (SSSR count). The fourth-order valence-electron chi connectivity index (χ4n) is 3.51. The molecule has 2 aromatic carbocycles. The van der Waals surface area contributed by atoms with E-state index in [1.807, 2.05) is 0 Å². The quantitative estimate of drug-likeness (QED) is 0.411. The Morgan fingerprint density at radius 1 is 1.10 bits per heavy atom. The zero-order chi connectivity index (χ0) is 22.4. The molecule has 0 bridgehead atoms. The van der Waals surface area contributed by atoms with Gasteiger partial charge in [-0.05, 0) is 77.9 Å². The van der Waals surface area contributed by atoms with Crippen LogP contribution in [-0.4, -0.2) is 44.9 Å². The highest BCUT2D eigenvalue weighted by molar-refractivity contribution is 14.1. The number of carbonyl (C=O) groups excluding carboxylic acids is 2. The Hall–Kier alpha value is -2.14. The van der Waals surface area contributed by atoms with Crippen molar-refractivity contribution in [3.8, 4) is 0 Å². The molecule has 31 heavy (non-hydrogen) atoms. The predicted molar refractivity (Wildman–Crippen MR) is 126 cm³/mol. The van der Waals surface area contributed by atoms with Crippen molar-refractivity contribution in [1.29, 1.82) is 0 Å². The van der Waals surface area contributed by atoms with Gasteiger partial charge in [0, 0.05) is 22.3 Å². The van der Waals surface area contributed by atoms with Gasteiger partial charge in [-0.3, -0.25) is 9.52 Å². The van der Waals surface area contributed by atoms with Crippen LogP contribution in [0, 0.1) is 3.57 Å². The van der Waals surface area contributed by atoms with Crippen LogP contribution in [0.15, 0.2) is 53.4 Å². The summed E-state index contributed by atoms with van der Waals surface area (Å²) in [6.07, 6.45) is 5.30. The van der Waals surface area contributed by atoms with E-state index in [-0.39, 0.29) is 29.0 Å². The van der Waals surface area contributed by atoms with Gasteiger partial charge in [-0.15, -0.1) is 0 Å². The van der Waals surface area contributed by atoms with Crippen LogP contribution in [0.25, 0.3) is 0 Å². The summed E-state index contributed by atoms with van der Waals surface area (Å²) in [6.45, 7) is -0.371. The van der Waals surface area contributed by atoms with Crippen molar-refractivity contribution in [2.24, 2.45) is 0 Å². The molecule has 0 spiro atoms. The topological polar surface area (TPSA) is 92.8 Å². The van der Waals surface area contributed by atoms with Gasteiger partial charge in [0.05, 0.1) is 10.5 Å². The number of hydrogen-bond donors (Lipinski definition) is 1. The number of halogens is 1. The average molecular weight is 556 g/mol. The van der Waals surface area contributed by atoms with Crippen molar-refractivity contribution in [3.63, 3.8) is 0 Å². The minimum Gasteiger partial charge on any atom is -0.452 e. The number of benzene rings is 2. The summed E-state index contributed by atoms with van der Waals surface area (Å²) >= 11 is 2.13. The van der Waals surface area contributed by atoms with Gasteiger partial charge in [0.15, 0.2) is 6.61 Å². The molecule has 1 N–H and O–H groups in total. The Balaban J connectivity index is 1.62. The number of sulfonamides is 1. The summed E-state index contributed by atoms with van der Waals surface area (Å²) in [4.78, 5) is 26.4. The standard InChI is InChI=1S/C22H25IN2O5S/c1-25(19-7-3-2-4-8-19)21(26)15-30-22(27)16-6-5-9-20(14-16)31(28,29)24-18-12-10-17(23)11-13-18/h5-6,9-14,19,24H,2-4,7-8,15H2,1H3. The van der Waals surface area contributed by atoms with Crippen LogP contribution < -0.4 is 4.72 Å². The van der Waals surface area contributed by atoms with Crippen molar-refractivity contribution in [2.75, 3.05) is 18.4 Å². The molecule has 1 amide bonds. The van der Waals surface area contributed by atoms with Gasteiger partial charge in [0.1, 0.15) is 0 Å². The third-order valence-electron chi connectivity index (χ3n) is 5.32. The van der Waals surface area contributed by atoms with Gasteiger partial charge in [0.25, 0.3) is 15.9 Å². The number of hydrogen-bond acceptors (Lipinski definition) is 5. The molecule has 0 radical (unpaired) electrons. The highest BCUT2D eigenvalue weighted by atomic mass is 127. The van der Waals surface area contributed by atoms with Gasteiger partial charge in [-0.2, -0.15) is 0 Å². The third-order valence-corrected chi connectivity index (χ3v) is 7.42. The first-order valence-electron chi connectivity index (χ1n) is 10.1. The normalized spacial score (nSPS) is 14.6. The average Bonchev–Trinajstić information content (AvgIpc) is 2.78. The van der Waals surface area contributed by atoms with Gasteiger partial charge in [0.2, 0.25) is 0 Å². The molecule has 2 aromatic rings. The van der Waals surface area contributed by atoms with E-state index in [1.54, 1.807) is 36.2 Å². The molecule has 9 heteroatoms. The fourth-order valence-corrected chi connectivity index (χ4v) is 4.97. The number of nitrogens with one attached hydrogen (secondary N) is 1. The van der Waals surface area contributed by atoms with Crippen LogP contribution in [0.4, 0.5) is 5.69 Å². The Bertz CT molecular complexity index is 1030. The smallest absolute Gasteiger partial charge is 0.338 e. The molecule has 1 saturated carbocycles. The van der Waals surface area contributed by atoms with E-state index in [1.165, 1.54) is 30.7 Å². The number of anilines is 1. The van der Waals surface area contributed by atoms with E-state index in [2.05, 4.69) is 27.3 Å². The van der Waals surface area contributed by atoms with Crippen LogP contribution in [0.5, 0.6) is 0 Å². The molecule has 166 valence electrons. The molecule has 0 atom stereocenters. The summed E-state index contributed by atoms with van der Waals surface area (Å²) in [5, 5.41) is 0. The number of esters is 1. The monoisotopic (exact) mass is 556 g/mol. The fraction of sp³-hybridized carbons (Fsp3) is 0.364. The molecule has 7 nitrogen and oxygen atoms in total. The van der Waals surface area contributed by atoms with Crippen molar-refractivity contribution in [1.82, 2.24) is 4.90 Å². The van der Waals surface area contributed by atoms with Crippen molar-refractivity contribution in [2.45, 2.75) is 43.0 Å². The summed E-state index contributed by atoms with van der Waals surface area (Å²) in [5.41, 5.74) is 0.489. The molecule has 0 unspecified atom stereocenters. The molecule has 1 aliphatic carbocycles. The van der Waals surface area contributed by atoms with Gasteiger partial charge in [-0.25, -0.2) is 13.2 Å². The molecule has 1 fully saturated rings. The molecule has 0 aliphatic heterocycles. The van der Waals surface area contributed by atoms with E-state index in [0.29, 0.717) is 5.69 Å². The molecular formula is C22H25IN2O5S. The second kappa shape index (κ2) is 10.4. The summed E-state index contributed by atoms with van der Waals surface area (Å²) in [6, 6.07) is 12.6. The Labute approximate surface area is 196 Å². The van der Waals surface area contributed by atoms with Crippen molar-refractivity contribution in [3.05, 3.63) is 57.7 Å². The first-order chi connectivity index (χ1) is 14.8. The number of carbonyl (C=O) groups is 2. The van der Waals surface area contributed by atoms with Crippen LogP contribution >= 0.6 is 22.6 Å². The SMILES string of the molecule is CN(C(=O)COC(=O)c1cccc(S(=O)(=O)Nc2ccc(I)cc2)c1)C1CCCCC1. The number of ether oxygens (including phenoxy) is 1. The van der Waals surface area contributed by atoms with E-state index < -0.39 is 16.0 Å². The molecule has 0 aromatic heterocycles. The van der Waals surface area contributed by atoms with Gasteiger partial charge < -0.3 is 9.64 Å². The lowest BCUT2D eigenvalue weighted by molar-refractivity contribution is -0.135. The second-order valence-corrected chi connectivity index (χ2v) is 10.4. The molecule has 1 aliphatic rings. The highest BCUT2D eigenvalue weighted by Gasteiger charge is 2.23. The Kier molecular flexibility index (Phi) is 7.93. The molecular weight excluding hydrogens is 531 g/mol. The van der Waals surface area contributed by atoms with Gasteiger partial charge >= 0.3 is 5.97 Å². The van der Waals surface area contributed by atoms with E-state index in [4.69, 9.17) is 4.74 Å². The van der Waals surface area contributed by atoms with E-state index in [9.17, 15) is 18.0 Å². The largest absolute Gasteiger partial charge is 0.452 e. The maximum atomic E-state index is 12.7. The van der Waals surface area contributed by atoms with Crippen LogP contribution in [0.3, 0.4) is 0 Å². The number of amides is 1. The summed E-state index contributed by atoms with van der Waals surface area (Å²) < 4.78 is 34.0. The minimum absolute atomic E-state index is 0.0637. The Morgan fingerprint density at radius 3 is 2.45 bits per heavy atom. The number of nitrogens with zero attached hydrogens (tertiary/aromatic N) is 1. The van der Waals surface area contributed by atoms with Crippen LogP contribution in [-0.2, 0) is 19.6 Å². The summed E-state index contributed by atoms with van der Waals surface area (Å²) in [7, 11) is -2.15. The van der Waals surface area contributed by atoms with Gasteiger partial charge in [-0.1, -0.05) is 25.3 Å². The second-order valence-electron chi connectivity index (χ2n) is 7.51. The number of rotatable bonds is 7. The van der Waals surface area contributed by atoms with Crippen molar-refractivity contribution >= 4 is 50.2 Å². The van der Waals surface area contributed by atoms with Crippen molar-refractivity contribution < 1.29 is 22.7 Å². The maximum Gasteiger partial charge on any atom is 0.338 e. The van der Waals surface area contributed by atoms with Crippen LogP contribution in [0.2, 0.25) is 0 Å². The zero-order valence-electron chi connectivity index (χ0n) is 17.2. The molecule has 0 saturated heterocycles. The lowest BCUT2D eigenvalue weighted by Crippen LogP contribution is -2.40. The first-order valence-corrected chi connectivity index (χ1v) is 12.6. The first kappa shape index (κ1) is 23.5. The van der Waals surface area contributed by atoms with E-state index >= 15 is 0 Å². The zero-order valence-corrected chi connectivity index (χ0v) is 20.2. The third kappa shape index (κ3) is 6.42. The highest BCUT2D eigenvalue weighted by Crippen LogP contribution is 2.22. The van der Waals surface area contributed by atoms with Crippen LogP contribution in [0.1, 0.15) is 42.5 Å². The van der Waals surface area contributed by atoms with E-state index in [0.717, 1.165) is 29.3 Å². The predicted octanol–water partition coefficient (Wildman–Crippen LogP) is 4.04. The summed E-state index contributed by atoms with van der Waals surface area (Å²) in [5.74, 6) is -0.999. The lowest BCUT2D eigenvalue weighted by Gasteiger charge is -2.31. The number of likely N-dealkylation sites (N-methyl/N-ethyl adjacent to an activating group) is 1. The molecule has 0 heterocycles.